The molecule has 0 aliphatic heterocycles. The van der Waals surface area contributed by atoms with Crippen molar-refractivity contribution in [2.45, 2.75) is 71.1 Å². The average Bonchev–Trinajstić information content (AvgIpc) is 2.42. The summed E-state index contributed by atoms with van der Waals surface area (Å²) in [5, 5.41) is 2.55. The van der Waals surface area contributed by atoms with Gasteiger partial charge in [-0.15, -0.1) is 0 Å². The number of methoxy groups -OCH3 is 1. The first-order chi connectivity index (χ1) is 9.20. The van der Waals surface area contributed by atoms with E-state index in [1.807, 2.05) is 0 Å². The monoisotopic (exact) mass is 295 g/mol. The van der Waals surface area contributed by atoms with Gasteiger partial charge in [0.25, 0.3) is 0 Å². The third kappa shape index (κ3) is 16.0. The van der Waals surface area contributed by atoms with Crippen LogP contribution in [0, 0.1) is 0 Å². The van der Waals surface area contributed by atoms with Crippen LogP contribution in [0.15, 0.2) is 0 Å². The number of esters is 1. The SMILES string of the molecule is CCCCCCCCCCCC(=O)NCC(=O)OC.[NaH]. The fourth-order valence-corrected chi connectivity index (χ4v) is 1.93. The van der Waals surface area contributed by atoms with E-state index in [1.54, 1.807) is 0 Å². The van der Waals surface area contributed by atoms with Gasteiger partial charge in [-0.1, -0.05) is 58.3 Å². The van der Waals surface area contributed by atoms with Gasteiger partial charge in [0.1, 0.15) is 6.54 Å². The average molecular weight is 295 g/mol. The van der Waals surface area contributed by atoms with Gasteiger partial charge in [0, 0.05) is 6.42 Å². The Balaban J connectivity index is 0. The topological polar surface area (TPSA) is 55.4 Å². The fourth-order valence-electron chi connectivity index (χ4n) is 1.93. The summed E-state index contributed by atoms with van der Waals surface area (Å²) in [6, 6.07) is 0. The van der Waals surface area contributed by atoms with E-state index in [4.69, 9.17) is 0 Å². The summed E-state index contributed by atoms with van der Waals surface area (Å²) in [4.78, 5) is 22.2. The molecule has 5 heteroatoms. The molecule has 0 unspecified atom stereocenters. The second kappa shape index (κ2) is 17.0. The molecule has 0 aromatic carbocycles. The van der Waals surface area contributed by atoms with E-state index in [0.717, 1.165) is 12.8 Å². The molecule has 0 spiro atoms. The van der Waals surface area contributed by atoms with Crippen LogP contribution in [0.5, 0.6) is 0 Å². The predicted octanol–water partition coefficient (Wildman–Crippen LogP) is 2.55. The molecule has 0 heterocycles. The van der Waals surface area contributed by atoms with Crippen molar-refractivity contribution in [3.05, 3.63) is 0 Å². The van der Waals surface area contributed by atoms with Crippen molar-refractivity contribution >= 4 is 41.4 Å². The molecule has 0 aromatic heterocycles. The van der Waals surface area contributed by atoms with Crippen LogP contribution < -0.4 is 5.32 Å². The van der Waals surface area contributed by atoms with E-state index in [1.165, 1.54) is 52.1 Å². The second-order valence-corrected chi connectivity index (χ2v) is 4.93. The first kappa shape index (κ1) is 22.2. The summed E-state index contributed by atoms with van der Waals surface area (Å²) in [5.74, 6) is -0.464. The number of carbonyl (C=O) groups excluding carboxylic acids is 2. The predicted molar refractivity (Wildman–Crippen MR) is 84.0 cm³/mol. The molecule has 0 saturated heterocycles. The molecule has 0 fully saturated rings. The summed E-state index contributed by atoms with van der Waals surface area (Å²) in [7, 11) is 1.31. The molecule has 0 bridgehead atoms. The van der Waals surface area contributed by atoms with Crippen LogP contribution in [0.3, 0.4) is 0 Å². The van der Waals surface area contributed by atoms with E-state index < -0.39 is 5.97 Å². The van der Waals surface area contributed by atoms with Crippen LogP contribution in [-0.2, 0) is 14.3 Å². The van der Waals surface area contributed by atoms with Crippen molar-refractivity contribution < 1.29 is 14.3 Å². The minimum absolute atomic E-state index is 0. The fraction of sp³-hybridized carbons (Fsp3) is 0.867. The van der Waals surface area contributed by atoms with Gasteiger partial charge in [0.2, 0.25) is 5.91 Å². The molecular formula is C15H30NNaO3. The zero-order chi connectivity index (χ0) is 14.3. The Bertz CT molecular complexity index is 247. The third-order valence-electron chi connectivity index (χ3n) is 3.16. The van der Waals surface area contributed by atoms with Crippen LogP contribution in [-0.4, -0.2) is 55.1 Å². The normalized spacial score (nSPS) is 9.70. The zero-order valence-electron chi connectivity index (χ0n) is 12.5. The molecule has 114 valence electrons. The molecule has 0 saturated carbocycles. The van der Waals surface area contributed by atoms with Crippen molar-refractivity contribution in [2.24, 2.45) is 0 Å². The maximum absolute atomic E-state index is 11.4. The van der Waals surface area contributed by atoms with E-state index in [2.05, 4.69) is 17.0 Å². The minimum atomic E-state index is -0.402. The molecular weight excluding hydrogens is 265 g/mol. The Kier molecular flexibility index (Phi) is 18.9. The summed E-state index contributed by atoms with van der Waals surface area (Å²) >= 11 is 0. The zero-order valence-corrected chi connectivity index (χ0v) is 12.5. The van der Waals surface area contributed by atoms with Gasteiger partial charge in [0.05, 0.1) is 7.11 Å². The van der Waals surface area contributed by atoms with Crippen LogP contribution in [0.1, 0.15) is 71.1 Å². The molecule has 0 aromatic rings. The Labute approximate surface area is 145 Å². The number of carbonyl (C=O) groups is 2. The Morgan fingerprint density at radius 1 is 0.900 bits per heavy atom. The van der Waals surface area contributed by atoms with Crippen molar-refractivity contribution in [3.8, 4) is 0 Å². The molecule has 4 nitrogen and oxygen atoms in total. The van der Waals surface area contributed by atoms with Crippen molar-refractivity contribution in [2.75, 3.05) is 13.7 Å². The van der Waals surface area contributed by atoms with E-state index >= 15 is 0 Å². The number of ether oxygens (including phenoxy) is 1. The van der Waals surface area contributed by atoms with Crippen molar-refractivity contribution in [1.82, 2.24) is 5.32 Å². The molecule has 0 aliphatic rings. The number of unbranched alkanes of at least 4 members (excludes halogenated alkanes) is 8. The Morgan fingerprint density at radius 2 is 1.40 bits per heavy atom. The molecule has 0 radical (unpaired) electrons. The third-order valence-corrected chi connectivity index (χ3v) is 3.16. The second-order valence-electron chi connectivity index (χ2n) is 4.93. The number of rotatable bonds is 12. The Morgan fingerprint density at radius 3 is 1.90 bits per heavy atom. The Hall–Kier alpha value is -0.0600. The van der Waals surface area contributed by atoms with Crippen LogP contribution in [0.4, 0.5) is 0 Å². The summed E-state index contributed by atoms with van der Waals surface area (Å²) < 4.78 is 4.44. The van der Waals surface area contributed by atoms with Gasteiger partial charge >= 0.3 is 35.5 Å². The van der Waals surface area contributed by atoms with Crippen molar-refractivity contribution in [1.29, 1.82) is 0 Å². The van der Waals surface area contributed by atoms with Gasteiger partial charge in [0.15, 0.2) is 0 Å². The maximum atomic E-state index is 11.4. The quantitative estimate of drug-likeness (QED) is 0.342. The van der Waals surface area contributed by atoms with E-state index in [9.17, 15) is 9.59 Å². The molecule has 1 N–H and O–H groups in total. The van der Waals surface area contributed by atoms with Gasteiger partial charge in [-0.25, -0.2) is 0 Å². The first-order valence-corrected chi connectivity index (χ1v) is 7.54. The summed E-state index contributed by atoms with van der Waals surface area (Å²) in [5.41, 5.74) is 0. The van der Waals surface area contributed by atoms with Gasteiger partial charge < -0.3 is 10.1 Å². The van der Waals surface area contributed by atoms with Crippen molar-refractivity contribution in [3.63, 3.8) is 0 Å². The number of amides is 1. The van der Waals surface area contributed by atoms with Crippen LogP contribution in [0.2, 0.25) is 0 Å². The van der Waals surface area contributed by atoms with E-state index in [-0.39, 0.29) is 42.0 Å². The van der Waals surface area contributed by atoms with Gasteiger partial charge in [-0.05, 0) is 6.42 Å². The molecule has 0 atom stereocenters. The first-order valence-electron chi connectivity index (χ1n) is 7.54. The molecule has 1 amide bonds. The summed E-state index contributed by atoms with van der Waals surface area (Å²) in [6.45, 7) is 2.21. The summed E-state index contributed by atoms with van der Waals surface area (Å²) in [6.07, 6.45) is 11.6. The van der Waals surface area contributed by atoms with Gasteiger partial charge in [-0.2, -0.15) is 0 Å². The van der Waals surface area contributed by atoms with Crippen LogP contribution >= 0.6 is 0 Å². The number of hydrogen-bond acceptors (Lipinski definition) is 3. The number of hydrogen-bond donors (Lipinski definition) is 1. The van der Waals surface area contributed by atoms with Gasteiger partial charge in [-0.3, -0.25) is 9.59 Å². The standard InChI is InChI=1S/C15H29NO3.Na.H/c1-3-4-5-6-7-8-9-10-11-12-14(17)16-13-15(18)19-2;;/h3-13H2,1-2H3,(H,16,17);;. The number of nitrogens with one attached hydrogen (secondary N) is 1. The molecule has 20 heavy (non-hydrogen) atoms. The van der Waals surface area contributed by atoms with E-state index in [0.29, 0.717) is 6.42 Å². The molecule has 0 aliphatic carbocycles. The molecule has 0 rings (SSSR count). The van der Waals surface area contributed by atoms with Crippen LogP contribution in [0.25, 0.3) is 0 Å².